The van der Waals surface area contributed by atoms with Crippen LogP contribution in [0.5, 0.6) is 5.88 Å². The zero-order chi connectivity index (χ0) is 38.3. The highest BCUT2D eigenvalue weighted by Gasteiger charge is 2.47. The molecule has 1 aromatic heterocycles. The van der Waals surface area contributed by atoms with Crippen molar-refractivity contribution < 1.29 is 28.7 Å². The maximum absolute atomic E-state index is 14.8. The van der Waals surface area contributed by atoms with Gasteiger partial charge in [0, 0.05) is 30.8 Å². The maximum atomic E-state index is 14.8. The van der Waals surface area contributed by atoms with E-state index in [1.807, 2.05) is 27.7 Å². The van der Waals surface area contributed by atoms with Crippen molar-refractivity contribution in [2.75, 3.05) is 26.7 Å². The minimum Gasteiger partial charge on any atom is -0.472 e. The third kappa shape index (κ3) is 11.4. The van der Waals surface area contributed by atoms with Crippen LogP contribution in [0.15, 0.2) is 18.3 Å². The first-order valence-corrected chi connectivity index (χ1v) is 20.1. The summed E-state index contributed by atoms with van der Waals surface area (Å²) in [6.07, 6.45) is 10.6. The summed E-state index contributed by atoms with van der Waals surface area (Å²) < 4.78 is 6.16. The van der Waals surface area contributed by atoms with Gasteiger partial charge < -0.3 is 35.8 Å². The van der Waals surface area contributed by atoms with E-state index < -0.39 is 59.2 Å². The number of nitrogens with one attached hydrogen (secondary N) is 4. The second-order valence-corrected chi connectivity index (χ2v) is 17.1. The van der Waals surface area contributed by atoms with Gasteiger partial charge >= 0.3 is 0 Å². The number of piperidine rings is 1. The van der Waals surface area contributed by atoms with Gasteiger partial charge in [-0.1, -0.05) is 65.0 Å². The number of carbonyl (C=O) groups is 5. The molecule has 4 amide bonds. The van der Waals surface area contributed by atoms with Crippen LogP contribution in [0.3, 0.4) is 0 Å². The Hall–Kier alpha value is -3.29. The van der Waals surface area contributed by atoms with Crippen molar-refractivity contribution in [3.63, 3.8) is 0 Å². The Morgan fingerprint density at radius 1 is 0.962 bits per heavy atom. The first-order valence-electron chi connectivity index (χ1n) is 19.7. The van der Waals surface area contributed by atoms with Crippen LogP contribution in [0.4, 0.5) is 0 Å². The zero-order valence-electron chi connectivity index (χ0n) is 32.1. The van der Waals surface area contributed by atoms with Crippen molar-refractivity contribution in [2.45, 2.75) is 147 Å². The van der Waals surface area contributed by atoms with Crippen LogP contribution in [0, 0.1) is 11.3 Å². The summed E-state index contributed by atoms with van der Waals surface area (Å²) >= 11 is 6.04. The normalized spacial score (nSPS) is 23.5. The molecule has 2 aliphatic heterocycles. The quantitative estimate of drug-likeness (QED) is 0.197. The van der Waals surface area contributed by atoms with Gasteiger partial charge in [0.05, 0.1) is 23.7 Å². The van der Waals surface area contributed by atoms with Gasteiger partial charge in [-0.3, -0.25) is 24.0 Å². The second-order valence-electron chi connectivity index (χ2n) is 16.7. The molecule has 0 radical (unpaired) electrons. The number of aromatic nitrogens is 1. The molecule has 4 N–H and O–H groups in total. The minimum atomic E-state index is -1.04. The maximum Gasteiger partial charge on any atom is 0.289 e. The van der Waals surface area contributed by atoms with Crippen molar-refractivity contribution in [1.82, 2.24) is 36.1 Å². The molecule has 5 rings (SSSR count). The molecule has 53 heavy (non-hydrogen) atoms. The first kappa shape index (κ1) is 40.9. The largest absolute Gasteiger partial charge is 0.472 e. The fraction of sp³-hybridized carbons (Fsp3) is 0.744. The third-order valence-corrected chi connectivity index (χ3v) is 11.3. The van der Waals surface area contributed by atoms with Gasteiger partial charge in [-0.15, -0.1) is 0 Å². The SMILES string of the molecule is CCC[C@@H](NC(=O)[C@H]1CC(Oc2ccc(Cl)cn2)CN1C(=O)[C@H](NC(=O)[C@@H](NC1CCN(C)CC1)C1CCCCC1)C(C)(C)C)C(=O)C(=O)NC1CC1. The first-order chi connectivity index (χ1) is 25.2. The lowest BCUT2D eigenvalue weighted by atomic mass is 9.81. The number of hydrogen-bond acceptors (Lipinski definition) is 9. The predicted molar refractivity (Wildman–Crippen MR) is 202 cm³/mol. The van der Waals surface area contributed by atoms with Crippen molar-refractivity contribution in [3.8, 4) is 5.88 Å². The summed E-state index contributed by atoms with van der Waals surface area (Å²) in [5.74, 6) is -2.11. The average molecular weight is 758 g/mol. The highest BCUT2D eigenvalue weighted by atomic mass is 35.5. The number of hydrogen-bond donors (Lipinski definition) is 4. The van der Waals surface area contributed by atoms with Crippen molar-refractivity contribution in [3.05, 3.63) is 23.4 Å². The molecular formula is C39H60ClN7O6. The van der Waals surface area contributed by atoms with Gasteiger partial charge in [0.15, 0.2) is 0 Å². The van der Waals surface area contributed by atoms with Gasteiger partial charge in [0.1, 0.15) is 18.2 Å². The smallest absolute Gasteiger partial charge is 0.289 e. The number of likely N-dealkylation sites (tertiary alicyclic amines) is 2. The molecule has 4 aliphatic rings. The van der Waals surface area contributed by atoms with Gasteiger partial charge in [-0.25, -0.2) is 4.98 Å². The van der Waals surface area contributed by atoms with Gasteiger partial charge in [-0.2, -0.15) is 0 Å². The molecule has 1 aromatic rings. The summed E-state index contributed by atoms with van der Waals surface area (Å²) in [5.41, 5.74) is -0.712. The standard InChI is InChI=1S/C39H60ClN7O6/c1-6-10-29(33(48)37(51)43-26-14-15-26)44-35(49)30-21-28(53-31-16-13-25(40)22-41-31)23-47(30)38(52)34(39(2,3)4)45-36(50)32(24-11-8-7-9-12-24)42-27-17-19-46(5)20-18-27/h13,16,22,24,26-30,32,34,42H,6-12,14-15,17-21,23H2,1-5H3,(H,43,51)(H,44,49)(H,45,50)/t28?,29-,30-,32+,34+/m1/s1. The summed E-state index contributed by atoms with van der Waals surface area (Å²) in [7, 11) is 2.11. The molecule has 3 heterocycles. The molecule has 0 spiro atoms. The summed E-state index contributed by atoms with van der Waals surface area (Å²) in [4.78, 5) is 77.2. The van der Waals surface area contributed by atoms with E-state index >= 15 is 0 Å². The van der Waals surface area contributed by atoms with E-state index in [0.29, 0.717) is 17.3 Å². The van der Waals surface area contributed by atoms with E-state index in [1.165, 1.54) is 11.1 Å². The molecular weight excluding hydrogens is 698 g/mol. The summed E-state index contributed by atoms with van der Waals surface area (Å²) in [5, 5.41) is 12.9. The Balaban J connectivity index is 1.37. The van der Waals surface area contributed by atoms with E-state index in [0.717, 1.165) is 70.9 Å². The van der Waals surface area contributed by atoms with E-state index in [1.54, 1.807) is 12.1 Å². The van der Waals surface area contributed by atoms with Gasteiger partial charge in [-0.05, 0) is 82.5 Å². The highest BCUT2D eigenvalue weighted by molar-refractivity contribution is 6.38. The van der Waals surface area contributed by atoms with Gasteiger partial charge in [0.25, 0.3) is 5.91 Å². The van der Waals surface area contributed by atoms with Crippen molar-refractivity contribution in [1.29, 1.82) is 0 Å². The number of amides is 4. The molecule has 5 atom stereocenters. The molecule has 1 unspecified atom stereocenters. The number of ether oxygens (including phenoxy) is 1. The monoisotopic (exact) mass is 757 g/mol. The molecule has 294 valence electrons. The van der Waals surface area contributed by atoms with Crippen molar-refractivity contribution >= 4 is 41.0 Å². The highest BCUT2D eigenvalue weighted by Crippen LogP contribution is 2.31. The molecule has 2 saturated carbocycles. The topological polar surface area (TPSA) is 162 Å². The molecule has 0 aromatic carbocycles. The fourth-order valence-corrected chi connectivity index (χ4v) is 7.93. The Kier molecular flexibility index (Phi) is 14.2. The minimum absolute atomic E-state index is 0.00594. The second kappa shape index (κ2) is 18.4. The molecule has 14 heteroatoms. The number of carbonyl (C=O) groups excluding carboxylic acids is 5. The number of nitrogens with zero attached hydrogens (tertiary/aromatic N) is 3. The van der Waals surface area contributed by atoms with Crippen LogP contribution in [-0.2, 0) is 24.0 Å². The lowest BCUT2D eigenvalue weighted by Crippen LogP contribution is -2.62. The van der Waals surface area contributed by atoms with E-state index in [-0.39, 0.29) is 43.3 Å². The average Bonchev–Trinajstić information content (AvgIpc) is 3.85. The molecule has 0 bridgehead atoms. The Morgan fingerprint density at radius 3 is 2.26 bits per heavy atom. The van der Waals surface area contributed by atoms with Crippen LogP contribution < -0.4 is 26.0 Å². The van der Waals surface area contributed by atoms with Crippen LogP contribution in [-0.4, -0.2) is 113 Å². The fourth-order valence-electron chi connectivity index (χ4n) is 7.81. The number of rotatable bonds is 15. The summed E-state index contributed by atoms with van der Waals surface area (Å²) in [6, 6.07) is 0.0177. The molecule has 13 nitrogen and oxygen atoms in total. The Labute approximate surface area is 319 Å². The van der Waals surface area contributed by atoms with Crippen molar-refractivity contribution in [2.24, 2.45) is 11.3 Å². The number of halogens is 1. The van der Waals surface area contributed by atoms with Crippen LogP contribution in [0.1, 0.15) is 105 Å². The van der Waals surface area contributed by atoms with Crippen LogP contribution in [0.2, 0.25) is 5.02 Å². The number of ketones is 1. The van der Waals surface area contributed by atoms with Crippen LogP contribution in [0.25, 0.3) is 0 Å². The summed E-state index contributed by atoms with van der Waals surface area (Å²) in [6.45, 7) is 9.56. The molecule has 4 fully saturated rings. The van der Waals surface area contributed by atoms with E-state index in [4.69, 9.17) is 16.3 Å². The van der Waals surface area contributed by atoms with Crippen LogP contribution >= 0.6 is 11.6 Å². The third-order valence-electron chi connectivity index (χ3n) is 11.1. The lowest BCUT2D eigenvalue weighted by molar-refractivity contribution is -0.145. The number of Topliss-reactive ketones (excluding diaryl/α,β-unsaturated/α-hetero) is 1. The Bertz CT molecular complexity index is 1440. The predicted octanol–water partition coefficient (Wildman–Crippen LogP) is 3.38. The molecule has 2 aliphatic carbocycles. The molecule has 2 saturated heterocycles. The van der Waals surface area contributed by atoms with E-state index in [2.05, 4.69) is 38.2 Å². The zero-order valence-corrected chi connectivity index (χ0v) is 32.9. The Morgan fingerprint density at radius 2 is 1.66 bits per heavy atom. The lowest BCUT2D eigenvalue weighted by Gasteiger charge is -2.39. The van der Waals surface area contributed by atoms with E-state index in [9.17, 15) is 24.0 Å². The van der Waals surface area contributed by atoms with Gasteiger partial charge in [0.2, 0.25) is 29.4 Å². The number of pyridine rings is 1.